The Morgan fingerprint density at radius 2 is 1.80 bits per heavy atom. The van der Waals surface area contributed by atoms with Crippen LogP contribution >= 0.6 is 0 Å². The van der Waals surface area contributed by atoms with Crippen LogP contribution < -0.4 is 10.6 Å². The quantitative estimate of drug-likeness (QED) is 0.635. The highest BCUT2D eigenvalue weighted by Crippen LogP contribution is 2.30. The third kappa shape index (κ3) is 5.11. The average molecular weight is 345 g/mol. The van der Waals surface area contributed by atoms with E-state index in [1.54, 1.807) is 18.2 Å². The van der Waals surface area contributed by atoms with Crippen LogP contribution in [0.4, 0.5) is 24.5 Å². The Balaban J connectivity index is 2.13. The number of aryl methyl sites for hydroxylation is 1. The van der Waals surface area contributed by atoms with Crippen molar-refractivity contribution < 1.29 is 18.0 Å². The summed E-state index contributed by atoms with van der Waals surface area (Å²) in [5.74, 6) is -0.804. The fraction of sp³-hybridized carbons (Fsp3) is 0.111. The first-order valence-corrected chi connectivity index (χ1v) is 7.21. The van der Waals surface area contributed by atoms with Gasteiger partial charge in [-0.15, -0.1) is 0 Å². The smallest absolute Gasteiger partial charge is 0.360 e. The number of rotatable bonds is 4. The molecule has 0 fully saturated rings. The molecule has 1 amide bonds. The largest absolute Gasteiger partial charge is 0.416 e. The number of carbonyl (C=O) groups is 1. The van der Waals surface area contributed by atoms with Gasteiger partial charge in [0.25, 0.3) is 5.91 Å². The first-order valence-electron chi connectivity index (χ1n) is 7.21. The van der Waals surface area contributed by atoms with Gasteiger partial charge >= 0.3 is 6.18 Å². The van der Waals surface area contributed by atoms with Crippen LogP contribution in [0.25, 0.3) is 0 Å². The molecule has 0 aliphatic heterocycles. The van der Waals surface area contributed by atoms with Crippen LogP contribution in [0, 0.1) is 18.3 Å². The Kier molecular flexibility index (Phi) is 5.45. The Bertz CT molecular complexity index is 851. The van der Waals surface area contributed by atoms with Crippen LogP contribution in [0.1, 0.15) is 11.1 Å². The Labute approximate surface area is 142 Å². The number of anilines is 2. The molecule has 0 atom stereocenters. The monoisotopic (exact) mass is 345 g/mol. The highest BCUT2D eigenvalue weighted by molar-refractivity contribution is 6.06. The van der Waals surface area contributed by atoms with E-state index < -0.39 is 17.6 Å². The molecule has 0 heterocycles. The number of carbonyl (C=O) groups excluding carboxylic acids is 1. The standard InChI is InChI=1S/C18H14F3N3O/c1-12-4-2-6-15(8-12)23-11-13(10-22)17(25)24-16-7-3-5-14(9-16)18(19,20)21/h2-9,11,23H,1H3,(H,24,25)/b13-11-. The molecule has 0 aromatic heterocycles. The molecule has 0 spiro atoms. The van der Waals surface area contributed by atoms with Gasteiger partial charge in [-0.25, -0.2) is 0 Å². The van der Waals surface area contributed by atoms with Crippen molar-refractivity contribution in [3.63, 3.8) is 0 Å². The number of nitriles is 1. The molecular weight excluding hydrogens is 331 g/mol. The van der Waals surface area contributed by atoms with Gasteiger partial charge in [0.15, 0.2) is 0 Å². The van der Waals surface area contributed by atoms with Crippen molar-refractivity contribution in [3.05, 3.63) is 71.4 Å². The molecule has 7 heteroatoms. The highest BCUT2D eigenvalue weighted by Gasteiger charge is 2.30. The molecule has 0 saturated heterocycles. The summed E-state index contributed by atoms with van der Waals surface area (Å²) in [6.45, 7) is 1.89. The second-order valence-electron chi connectivity index (χ2n) is 5.22. The normalized spacial score (nSPS) is 11.6. The van der Waals surface area contributed by atoms with E-state index in [-0.39, 0.29) is 11.3 Å². The summed E-state index contributed by atoms with van der Waals surface area (Å²) in [6.07, 6.45) is -3.31. The van der Waals surface area contributed by atoms with Gasteiger partial charge in [0, 0.05) is 17.6 Å². The summed E-state index contributed by atoms with van der Waals surface area (Å²) >= 11 is 0. The molecule has 2 rings (SSSR count). The maximum atomic E-state index is 12.7. The van der Waals surface area contributed by atoms with Crippen molar-refractivity contribution in [2.75, 3.05) is 10.6 Å². The van der Waals surface area contributed by atoms with E-state index in [1.165, 1.54) is 18.3 Å². The Hall–Kier alpha value is -3.27. The fourth-order valence-corrected chi connectivity index (χ4v) is 2.01. The lowest BCUT2D eigenvalue weighted by Crippen LogP contribution is -2.15. The van der Waals surface area contributed by atoms with Gasteiger partial charge in [-0.1, -0.05) is 18.2 Å². The zero-order chi connectivity index (χ0) is 18.4. The first kappa shape index (κ1) is 18.1. The van der Waals surface area contributed by atoms with Gasteiger partial charge in [-0.3, -0.25) is 4.79 Å². The summed E-state index contributed by atoms with van der Waals surface area (Å²) in [7, 11) is 0. The molecule has 128 valence electrons. The number of alkyl halides is 3. The van der Waals surface area contributed by atoms with Crippen molar-refractivity contribution in [2.24, 2.45) is 0 Å². The van der Waals surface area contributed by atoms with Crippen molar-refractivity contribution in [3.8, 4) is 6.07 Å². The number of benzene rings is 2. The van der Waals surface area contributed by atoms with Gasteiger partial charge in [0.1, 0.15) is 11.6 Å². The van der Waals surface area contributed by atoms with Crippen LogP contribution in [0.2, 0.25) is 0 Å². The summed E-state index contributed by atoms with van der Waals surface area (Å²) in [6, 6.07) is 13.2. The molecule has 0 saturated carbocycles. The molecule has 0 unspecified atom stereocenters. The van der Waals surface area contributed by atoms with Crippen molar-refractivity contribution in [1.82, 2.24) is 0 Å². The minimum atomic E-state index is -4.51. The molecule has 25 heavy (non-hydrogen) atoms. The van der Waals surface area contributed by atoms with Crippen LogP contribution in [-0.4, -0.2) is 5.91 Å². The Morgan fingerprint density at radius 1 is 1.12 bits per heavy atom. The van der Waals surface area contributed by atoms with E-state index in [9.17, 15) is 18.0 Å². The molecule has 0 aliphatic carbocycles. The minimum absolute atomic E-state index is 0.0449. The van der Waals surface area contributed by atoms with E-state index in [1.807, 2.05) is 19.1 Å². The van der Waals surface area contributed by atoms with Gasteiger partial charge < -0.3 is 10.6 Å². The number of hydrogen-bond donors (Lipinski definition) is 2. The van der Waals surface area contributed by atoms with Crippen LogP contribution in [0.3, 0.4) is 0 Å². The zero-order valence-corrected chi connectivity index (χ0v) is 13.2. The van der Waals surface area contributed by atoms with Crippen molar-refractivity contribution in [2.45, 2.75) is 13.1 Å². The predicted molar refractivity (Wildman–Crippen MR) is 88.6 cm³/mol. The fourth-order valence-electron chi connectivity index (χ4n) is 2.01. The summed E-state index contributed by atoms with van der Waals surface area (Å²) in [5.41, 5.74) is 0.478. The van der Waals surface area contributed by atoms with E-state index in [0.29, 0.717) is 5.69 Å². The lowest BCUT2D eigenvalue weighted by atomic mass is 10.2. The molecule has 0 aliphatic rings. The summed E-state index contributed by atoms with van der Waals surface area (Å²) in [4.78, 5) is 12.1. The lowest BCUT2D eigenvalue weighted by molar-refractivity contribution is -0.137. The molecule has 4 nitrogen and oxygen atoms in total. The SMILES string of the molecule is Cc1cccc(N/C=C(/C#N)C(=O)Nc2cccc(C(F)(F)F)c2)c1. The number of hydrogen-bond acceptors (Lipinski definition) is 3. The molecule has 2 aromatic rings. The molecule has 0 bridgehead atoms. The summed E-state index contributed by atoms with van der Waals surface area (Å²) < 4.78 is 38.1. The third-order valence-corrected chi connectivity index (χ3v) is 3.21. The van der Waals surface area contributed by atoms with E-state index in [4.69, 9.17) is 5.26 Å². The van der Waals surface area contributed by atoms with Gasteiger partial charge in [0.05, 0.1) is 5.56 Å². The van der Waals surface area contributed by atoms with Crippen LogP contribution in [-0.2, 0) is 11.0 Å². The number of halogens is 3. The zero-order valence-electron chi connectivity index (χ0n) is 13.2. The van der Waals surface area contributed by atoms with E-state index in [2.05, 4.69) is 10.6 Å². The number of nitrogens with zero attached hydrogens (tertiary/aromatic N) is 1. The van der Waals surface area contributed by atoms with Gasteiger partial charge in [-0.2, -0.15) is 18.4 Å². The van der Waals surface area contributed by atoms with E-state index in [0.717, 1.165) is 17.7 Å². The minimum Gasteiger partial charge on any atom is -0.360 e. The van der Waals surface area contributed by atoms with Crippen molar-refractivity contribution >= 4 is 17.3 Å². The number of amides is 1. The van der Waals surface area contributed by atoms with Gasteiger partial charge in [0.2, 0.25) is 0 Å². The molecule has 2 N–H and O–H groups in total. The second kappa shape index (κ2) is 7.53. The van der Waals surface area contributed by atoms with Crippen molar-refractivity contribution in [1.29, 1.82) is 5.26 Å². The van der Waals surface area contributed by atoms with E-state index >= 15 is 0 Å². The summed E-state index contributed by atoms with van der Waals surface area (Å²) in [5, 5.41) is 14.2. The first-order chi connectivity index (χ1) is 11.8. The number of nitrogens with one attached hydrogen (secondary N) is 2. The van der Waals surface area contributed by atoms with Crippen LogP contribution in [0.5, 0.6) is 0 Å². The second-order valence-corrected chi connectivity index (χ2v) is 5.22. The third-order valence-electron chi connectivity index (χ3n) is 3.21. The molecule has 0 radical (unpaired) electrons. The Morgan fingerprint density at radius 3 is 2.44 bits per heavy atom. The predicted octanol–water partition coefficient (Wildman–Crippen LogP) is 4.47. The molecular formula is C18H14F3N3O. The van der Waals surface area contributed by atoms with Gasteiger partial charge in [-0.05, 0) is 42.8 Å². The average Bonchev–Trinajstić information content (AvgIpc) is 2.55. The topological polar surface area (TPSA) is 64.9 Å². The lowest BCUT2D eigenvalue weighted by Gasteiger charge is -2.09. The van der Waals surface area contributed by atoms with Crippen LogP contribution in [0.15, 0.2) is 60.3 Å². The molecule has 2 aromatic carbocycles. The maximum absolute atomic E-state index is 12.7. The maximum Gasteiger partial charge on any atom is 0.416 e. The highest BCUT2D eigenvalue weighted by atomic mass is 19.4.